The van der Waals surface area contributed by atoms with Crippen molar-refractivity contribution in [1.29, 1.82) is 0 Å². The van der Waals surface area contributed by atoms with Crippen LogP contribution in [-0.4, -0.2) is 6.54 Å². The van der Waals surface area contributed by atoms with Gasteiger partial charge in [0.05, 0.1) is 0 Å². The standard InChI is InChI=1S/C18H21NOS/c1-4-19-17(16-9-12(2)20-13(16)3)10-14-11-21-18-8-6-5-7-15(14)18/h5-9,11,17,19H,4,10H2,1-3H3. The molecule has 0 fully saturated rings. The van der Waals surface area contributed by atoms with Crippen LogP contribution in [0.15, 0.2) is 40.1 Å². The Kier molecular flexibility index (Phi) is 4.13. The molecule has 3 rings (SSSR count). The maximum atomic E-state index is 5.71. The van der Waals surface area contributed by atoms with Gasteiger partial charge in [0.15, 0.2) is 0 Å². The predicted octanol–water partition coefficient (Wildman–Crippen LogP) is 5.00. The molecule has 110 valence electrons. The van der Waals surface area contributed by atoms with Crippen LogP contribution in [0.3, 0.4) is 0 Å². The number of fused-ring (bicyclic) bond motifs is 1. The first kappa shape index (κ1) is 14.4. The summed E-state index contributed by atoms with van der Waals surface area (Å²) >= 11 is 1.83. The molecule has 0 amide bonds. The summed E-state index contributed by atoms with van der Waals surface area (Å²) in [6.07, 6.45) is 0.998. The largest absolute Gasteiger partial charge is 0.466 e. The second-order valence-corrected chi connectivity index (χ2v) is 6.35. The molecule has 0 spiro atoms. The summed E-state index contributed by atoms with van der Waals surface area (Å²) in [6.45, 7) is 7.18. The highest BCUT2D eigenvalue weighted by atomic mass is 32.1. The third-order valence-electron chi connectivity index (χ3n) is 3.89. The number of hydrogen-bond acceptors (Lipinski definition) is 3. The average Bonchev–Trinajstić information content (AvgIpc) is 3.02. The predicted molar refractivity (Wildman–Crippen MR) is 90.1 cm³/mol. The van der Waals surface area contributed by atoms with Gasteiger partial charge in [0.25, 0.3) is 0 Å². The minimum absolute atomic E-state index is 0.311. The molecular formula is C18H21NOS. The SMILES string of the molecule is CCNC(Cc1csc2ccccc12)c1cc(C)oc1C. The van der Waals surface area contributed by atoms with Gasteiger partial charge in [-0.05, 0) is 55.3 Å². The number of rotatable bonds is 5. The van der Waals surface area contributed by atoms with Crippen molar-refractivity contribution in [3.63, 3.8) is 0 Å². The molecule has 0 aliphatic heterocycles. The summed E-state index contributed by atoms with van der Waals surface area (Å²) in [4.78, 5) is 0. The maximum Gasteiger partial charge on any atom is 0.105 e. The van der Waals surface area contributed by atoms with Gasteiger partial charge < -0.3 is 9.73 Å². The van der Waals surface area contributed by atoms with Crippen molar-refractivity contribution < 1.29 is 4.42 Å². The van der Waals surface area contributed by atoms with E-state index in [1.165, 1.54) is 21.2 Å². The zero-order chi connectivity index (χ0) is 14.8. The Balaban J connectivity index is 1.93. The van der Waals surface area contributed by atoms with E-state index < -0.39 is 0 Å². The highest BCUT2D eigenvalue weighted by Gasteiger charge is 2.18. The van der Waals surface area contributed by atoms with E-state index in [4.69, 9.17) is 4.42 Å². The summed E-state index contributed by atoms with van der Waals surface area (Å²) in [6, 6.07) is 11.1. The zero-order valence-corrected chi connectivity index (χ0v) is 13.6. The Hall–Kier alpha value is -1.58. The molecule has 0 aliphatic carbocycles. The fourth-order valence-corrected chi connectivity index (χ4v) is 3.92. The summed E-state index contributed by atoms with van der Waals surface area (Å²) in [7, 11) is 0. The molecular weight excluding hydrogens is 278 g/mol. The highest BCUT2D eigenvalue weighted by molar-refractivity contribution is 7.17. The quantitative estimate of drug-likeness (QED) is 0.717. The van der Waals surface area contributed by atoms with Gasteiger partial charge in [0.1, 0.15) is 11.5 Å². The van der Waals surface area contributed by atoms with Gasteiger partial charge >= 0.3 is 0 Å². The normalized spacial score (nSPS) is 12.9. The Morgan fingerprint density at radius 2 is 2.05 bits per heavy atom. The van der Waals surface area contributed by atoms with Crippen molar-refractivity contribution >= 4 is 21.4 Å². The minimum atomic E-state index is 0.311. The van der Waals surface area contributed by atoms with E-state index in [2.05, 4.69) is 54.9 Å². The van der Waals surface area contributed by atoms with E-state index in [9.17, 15) is 0 Å². The lowest BCUT2D eigenvalue weighted by Crippen LogP contribution is -2.23. The monoisotopic (exact) mass is 299 g/mol. The van der Waals surface area contributed by atoms with E-state index in [1.807, 2.05) is 18.3 Å². The molecule has 1 unspecified atom stereocenters. The Morgan fingerprint density at radius 1 is 1.24 bits per heavy atom. The molecule has 3 aromatic rings. The molecule has 3 heteroatoms. The van der Waals surface area contributed by atoms with Gasteiger partial charge in [-0.1, -0.05) is 25.1 Å². The first-order valence-corrected chi connectivity index (χ1v) is 8.32. The Bertz CT molecular complexity index is 741. The summed E-state index contributed by atoms with van der Waals surface area (Å²) in [5.74, 6) is 2.01. The van der Waals surface area contributed by atoms with E-state index in [0.29, 0.717) is 6.04 Å². The molecule has 1 atom stereocenters. The van der Waals surface area contributed by atoms with E-state index >= 15 is 0 Å². The first-order valence-electron chi connectivity index (χ1n) is 7.44. The molecule has 0 radical (unpaired) electrons. The van der Waals surface area contributed by atoms with Crippen molar-refractivity contribution in [3.8, 4) is 0 Å². The van der Waals surface area contributed by atoms with Gasteiger partial charge in [-0.2, -0.15) is 0 Å². The summed E-state index contributed by atoms with van der Waals surface area (Å²) in [5, 5.41) is 7.27. The van der Waals surface area contributed by atoms with E-state index in [-0.39, 0.29) is 0 Å². The minimum Gasteiger partial charge on any atom is -0.466 e. The van der Waals surface area contributed by atoms with Gasteiger partial charge in [-0.25, -0.2) is 0 Å². The van der Waals surface area contributed by atoms with Crippen LogP contribution in [0.25, 0.3) is 10.1 Å². The van der Waals surface area contributed by atoms with E-state index in [1.54, 1.807) is 0 Å². The van der Waals surface area contributed by atoms with Crippen molar-refractivity contribution in [3.05, 3.63) is 58.4 Å². The van der Waals surface area contributed by atoms with Gasteiger partial charge in [-0.3, -0.25) is 0 Å². The molecule has 0 saturated heterocycles. The summed E-state index contributed by atoms with van der Waals surface area (Å²) in [5.41, 5.74) is 2.70. The number of aryl methyl sites for hydroxylation is 2. The average molecular weight is 299 g/mol. The smallest absolute Gasteiger partial charge is 0.105 e. The molecule has 2 heterocycles. The van der Waals surface area contributed by atoms with E-state index in [0.717, 1.165) is 24.5 Å². The van der Waals surface area contributed by atoms with Gasteiger partial charge in [-0.15, -0.1) is 11.3 Å². The summed E-state index contributed by atoms with van der Waals surface area (Å²) < 4.78 is 7.07. The van der Waals surface area contributed by atoms with Crippen LogP contribution in [-0.2, 0) is 6.42 Å². The molecule has 0 bridgehead atoms. The number of hydrogen-bond donors (Lipinski definition) is 1. The van der Waals surface area contributed by atoms with Crippen LogP contribution < -0.4 is 5.32 Å². The number of nitrogens with one attached hydrogen (secondary N) is 1. The second-order valence-electron chi connectivity index (χ2n) is 5.44. The van der Waals surface area contributed by atoms with Gasteiger partial charge in [0.2, 0.25) is 0 Å². The molecule has 1 aromatic carbocycles. The van der Waals surface area contributed by atoms with Crippen LogP contribution in [0.1, 0.15) is 35.6 Å². The van der Waals surface area contributed by atoms with Crippen molar-refractivity contribution in [2.75, 3.05) is 6.54 Å². The lowest BCUT2D eigenvalue weighted by Gasteiger charge is -2.17. The molecule has 21 heavy (non-hydrogen) atoms. The van der Waals surface area contributed by atoms with Crippen molar-refractivity contribution in [2.45, 2.75) is 33.2 Å². The number of thiophene rings is 1. The zero-order valence-electron chi connectivity index (χ0n) is 12.8. The van der Waals surface area contributed by atoms with Crippen LogP contribution >= 0.6 is 11.3 Å². The highest BCUT2D eigenvalue weighted by Crippen LogP contribution is 2.31. The lowest BCUT2D eigenvalue weighted by atomic mass is 9.98. The third kappa shape index (κ3) is 2.89. The van der Waals surface area contributed by atoms with Crippen LogP contribution in [0.5, 0.6) is 0 Å². The van der Waals surface area contributed by atoms with Crippen molar-refractivity contribution in [2.24, 2.45) is 0 Å². The van der Waals surface area contributed by atoms with Crippen LogP contribution in [0.2, 0.25) is 0 Å². The fourth-order valence-electron chi connectivity index (χ4n) is 2.95. The second kappa shape index (κ2) is 6.04. The fraction of sp³-hybridized carbons (Fsp3) is 0.333. The number of benzene rings is 1. The molecule has 0 aliphatic rings. The Morgan fingerprint density at radius 3 is 2.76 bits per heavy atom. The van der Waals surface area contributed by atoms with Crippen LogP contribution in [0, 0.1) is 13.8 Å². The lowest BCUT2D eigenvalue weighted by molar-refractivity contribution is 0.485. The van der Waals surface area contributed by atoms with Crippen molar-refractivity contribution in [1.82, 2.24) is 5.32 Å². The number of furan rings is 1. The molecule has 0 saturated carbocycles. The maximum absolute atomic E-state index is 5.71. The van der Waals surface area contributed by atoms with Crippen LogP contribution in [0.4, 0.5) is 0 Å². The molecule has 1 N–H and O–H groups in total. The third-order valence-corrected chi connectivity index (χ3v) is 4.90. The topological polar surface area (TPSA) is 25.2 Å². The van der Waals surface area contributed by atoms with Gasteiger partial charge in [0, 0.05) is 16.3 Å². The Labute approximate surface area is 129 Å². The molecule has 2 nitrogen and oxygen atoms in total. The first-order chi connectivity index (χ1) is 10.2. The molecule has 2 aromatic heterocycles. The number of likely N-dealkylation sites (N-methyl/N-ethyl adjacent to an activating group) is 1.